The minimum Gasteiger partial charge on any atom is -0.465 e. The summed E-state index contributed by atoms with van der Waals surface area (Å²) in [6.07, 6.45) is 1.28. The van der Waals surface area contributed by atoms with Gasteiger partial charge in [0.25, 0.3) is 0 Å². The number of halogens is 1. The number of carbonyl (C=O) groups excluding carboxylic acids is 2. The Kier molecular flexibility index (Phi) is 4.22. The van der Waals surface area contributed by atoms with Crippen molar-refractivity contribution in [1.29, 1.82) is 0 Å². The molecule has 0 saturated carbocycles. The number of hydrogen-bond acceptors (Lipinski definition) is 6. The van der Waals surface area contributed by atoms with Crippen LogP contribution in [0.1, 0.15) is 26.5 Å². The van der Waals surface area contributed by atoms with Crippen molar-refractivity contribution in [1.82, 2.24) is 0 Å². The summed E-state index contributed by atoms with van der Waals surface area (Å²) < 4.78 is 27.5. The second-order valence-electron chi connectivity index (χ2n) is 4.06. The Morgan fingerprint density at radius 1 is 1.24 bits per heavy atom. The highest BCUT2D eigenvalue weighted by Gasteiger charge is 2.18. The molecule has 0 fully saturated rings. The third-order valence-corrected chi connectivity index (χ3v) is 2.72. The number of methoxy groups -OCH3 is 1. The molecule has 1 aromatic carbocycles. The van der Waals surface area contributed by atoms with E-state index in [9.17, 15) is 14.0 Å². The summed E-state index contributed by atoms with van der Waals surface area (Å²) in [6.45, 7) is -0.271. The summed E-state index contributed by atoms with van der Waals surface area (Å²) in [6, 6.07) is 4.74. The molecule has 21 heavy (non-hydrogen) atoms. The molecule has 0 amide bonds. The van der Waals surface area contributed by atoms with E-state index in [0.29, 0.717) is 0 Å². The normalized spacial score (nSPS) is 10.2. The number of nitrogen functional groups attached to an aromatic ring is 1. The van der Waals surface area contributed by atoms with Crippen LogP contribution in [-0.4, -0.2) is 19.0 Å². The molecule has 0 radical (unpaired) electrons. The van der Waals surface area contributed by atoms with E-state index in [1.165, 1.54) is 25.5 Å². The molecule has 6 nitrogen and oxygen atoms in total. The van der Waals surface area contributed by atoms with Gasteiger partial charge < -0.3 is 19.6 Å². The molecule has 2 N–H and O–H groups in total. The zero-order valence-corrected chi connectivity index (χ0v) is 11.1. The highest BCUT2D eigenvalue weighted by molar-refractivity contribution is 5.95. The molecule has 1 heterocycles. The van der Waals surface area contributed by atoms with E-state index in [-0.39, 0.29) is 29.2 Å². The van der Waals surface area contributed by atoms with E-state index in [4.69, 9.17) is 14.9 Å². The van der Waals surface area contributed by atoms with Crippen LogP contribution in [-0.2, 0) is 16.1 Å². The Hall–Kier alpha value is -2.83. The summed E-state index contributed by atoms with van der Waals surface area (Å²) in [5, 5.41) is 0. The van der Waals surface area contributed by atoms with Gasteiger partial charge in [0.15, 0.2) is 12.4 Å². The van der Waals surface area contributed by atoms with Crippen LogP contribution < -0.4 is 5.73 Å². The van der Waals surface area contributed by atoms with Crippen molar-refractivity contribution in [3.05, 3.63) is 53.2 Å². The highest BCUT2D eigenvalue weighted by Crippen LogP contribution is 2.17. The fraction of sp³-hybridized carbons (Fsp3) is 0.143. The minimum absolute atomic E-state index is 0.0302. The predicted molar refractivity (Wildman–Crippen MR) is 70.0 cm³/mol. The maximum Gasteiger partial charge on any atom is 0.341 e. The highest BCUT2D eigenvalue weighted by atomic mass is 19.1. The summed E-state index contributed by atoms with van der Waals surface area (Å²) >= 11 is 0. The van der Waals surface area contributed by atoms with E-state index < -0.39 is 17.8 Å². The number of ether oxygens (including phenoxy) is 2. The first-order chi connectivity index (χ1) is 10.0. The van der Waals surface area contributed by atoms with Gasteiger partial charge in [-0.2, -0.15) is 0 Å². The van der Waals surface area contributed by atoms with Gasteiger partial charge in [-0.05, 0) is 24.3 Å². The number of hydrogen-bond donors (Lipinski definition) is 1. The van der Waals surface area contributed by atoms with E-state index in [0.717, 1.165) is 12.1 Å². The zero-order valence-electron chi connectivity index (χ0n) is 11.1. The predicted octanol–water partition coefficient (Wildman–Crippen LogP) is 2.14. The molecule has 0 bridgehead atoms. The third kappa shape index (κ3) is 3.19. The molecule has 0 atom stereocenters. The number of anilines is 1. The number of nitrogens with two attached hydrogens (primary N) is 1. The Labute approximate surface area is 119 Å². The molecule has 2 aromatic rings. The van der Waals surface area contributed by atoms with Crippen LogP contribution in [0, 0.1) is 5.82 Å². The average Bonchev–Trinajstić information content (AvgIpc) is 2.92. The summed E-state index contributed by atoms with van der Waals surface area (Å²) in [4.78, 5) is 23.3. The molecule has 2 rings (SSSR count). The second-order valence-corrected chi connectivity index (χ2v) is 4.06. The Bertz CT molecular complexity index is 680. The quantitative estimate of drug-likeness (QED) is 0.686. The van der Waals surface area contributed by atoms with Gasteiger partial charge in [0.2, 0.25) is 0 Å². The maximum absolute atomic E-state index is 12.9. The number of furan rings is 1. The first kappa shape index (κ1) is 14.6. The monoisotopic (exact) mass is 293 g/mol. The summed E-state index contributed by atoms with van der Waals surface area (Å²) in [7, 11) is 1.23. The SMILES string of the molecule is COC(=O)c1ccoc1COC(=O)c1ccc(F)cc1N. The molecule has 1 aromatic heterocycles. The third-order valence-electron chi connectivity index (χ3n) is 2.72. The molecule has 0 aliphatic heterocycles. The van der Waals surface area contributed by atoms with Crippen molar-refractivity contribution in [3.8, 4) is 0 Å². The van der Waals surface area contributed by atoms with Crippen LogP contribution in [0.15, 0.2) is 34.9 Å². The number of rotatable bonds is 4. The van der Waals surface area contributed by atoms with Gasteiger partial charge in [-0.15, -0.1) is 0 Å². The van der Waals surface area contributed by atoms with Crippen molar-refractivity contribution < 1.29 is 27.9 Å². The number of esters is 2. The van der Waals surface area contributed by atoms with Gasteiger partial charge in [0.1, 0.15) is 11.4 Å². The Morgan fingerprint density at radius 2 is 2.00 bits per heavy atom. The van der Waals surface area contributed by atoms with E-state index >= 15 is 0 Å². The van der Waals surface area contributed by atoms with Crippen LogP contribution in [0.4, 0.5) is 10.1 Å². The van der Waals surface area contributed by atoms with Crippen molar-refractivity contribution >= 4 is 17.6 Å². The second kappa shape index (κ2) is 6.08. The van der Waals surface area contributed by atoms with Gasteiger partial charge in [0.05, 0.1) is 18.9 Å². The summed E-state index contributed by atoms with van der Waals surface area (Å²) in [5.74, 6) is -1.75. The molecule has 0 aliphatic carbocycles. The largest absolute Gasteiger partial charge is 0.465 e. The lowest BCUT2D eigenvalue weighted by Crippen LogP contribution is -2.10. The molecule has 0 saturated heterocycles. The lowest BCUT2D eigenvalue weighted by Gasteiger charge is -2.06. The Balaban J connectivity index is 2.08. The molecule has 0 aliphatic rings. The maximum atomic E-state index is 12.9. The standard InChI is InChI=1S/C14H12FNO5/c1-19-13(17)10-4-5-20-12(10)7-21-14(18)9-3-2-8(15)6-11(9)16/h2-6H,7,16H2,1H3. The lowest BCUT2D eigenvalue weighted by atomic mass is 10.2. The zero-order chi connectivity index (χ0) is 15.4. The van der Waals surface area contributed by atoms with E-state index in [2.05, 4.69) is 4.74 Å². The molecular weight excluding hydrogens is 281 g/mol. The van der Waals surface area contributed by atoms with Crippen LogP contribution in [0.3, 0.4) is 0 Å². The average molecular weight is 293 g/mol. The first-order valence-electron chi connectivity index (χ1n) is 5.89. The van der Waals surface area contributed by atoms with Gasteiger partial charge in [-0.25, -0.2) is 14.0 Å². The van der Waals surface area contributed by atoms with E-state index in [1.54, 1.807) is 0 Å². The van der Waals surface area contributed by atoms with Gasteiger partial charge in [0, 0.05) is 5.69 Å². The fourth-order valence-corrected chi connectivity index (χ4v) is 1.67. The topological polar surface area (TPSA) is 91.8 Å². The van der Waals surface area contributed by atoms with Gasteiger partial charge >= 0.3 is 11.9 Å². The molecule has 0 spiro atoms. The van der Waals surface area contributed by atoms with Gasteiger partial charge in [-0.3, -0.25) is 0 Å². The molecular formula is C14H12FNO5. The Morgan fingerprint density at radius 3 is 2.67 bits per heavy atom. The molecule has 7 heteroatoms. The van der Waals surface area contributed by atoms with Crippen LogP contribution >= 0.6 is 0 Å². The first-order valence-corrected chi connectivity index (χ1v) is 5.89. The van der Waals surface area contributed by atoms with Crippen molar-refractivity contribution in [2.75, 3.05) is 12.8 Å². The van der Waals surface area contributed by atoms with Crippen LogP contribution in [0.2, 0.25) is 0 Å². The number of benzene rings is 1. The number of carbonyl (C=O) groups is 2. The van der Waals surface area contributed by atoms with E-state index in [1.807, 2.05) is 0 Å². The summed E-state index contributed by atoms with van der Waals surface area (Å²) in [5.41, 5.74) is 5.69. The van der Waals surface area contributed by atoms with Crippen molar-refractivity contribution in [3.63, 3.8) is 0 Å². The van der Waals surface area contributed by atoms with Crippen molar-refractivity contribution in [2.24, 2.45) is 0 Å². The lowest BCUT2D eigenvalue weighted by molar-refractivity contribution is 0.0433. The smallest absolute Gasteiger partial charge is 0.341 e. The van der Waals surface area contributed by atoms with Gasteiger partial charge in [-0.1, -0.05) is 0 Å². The van der Waals surface area contributed by atoms with Crippen molar-refractivity contribution in [2.45, 2.75) is 6.61 Å². The fourth-order valence-electron chi connectivity index (χ4n) is 1.67. The van der Waals surface area contributed by atoms with Crippen LogP contribution in [0.5, 0.6) is 0 Å². The molecule has 110 valence electrons. The molecule has 0 unspecified atom stereocenters. The minimum atomic E-state index is -0.750. The van der Waals surface area contributed by atoms with Crippen LogP contribution in [0.25, 0.3) is 0 Å².